The van der Waals surface area contributed by atoms with E-state index in [9.17, 15) is 17.6 Å². The lowest BCUT2D eigenvalue weighted by atomic mass is 10.1. The summed E-state index contributed by atoms with van der Waals surface area (Å²) in [5, 5.41) is 9.11. The van der Waals surface area contributed by atoms with Crippen LogP contribution in [0, 0.1) is 5.82 Å². The van der Waals surface area contributed by atoms with Gasteiger partial charge in [0.05, 0.1) is 4.90 Å². The van der Waals surface area contributed by atoms with E-state index in [1.165, 1.54) is 30.3 Å². The van der Waals surface area contributed by atoms with Gasteiger partial charge in [0.1, 0.15) is 12.4 Å². The second-order valence-electron chi connectivity index (χ2n) is 6.08. The molecule has 0 fully saturated rings. The Morgan fingerprint density at radius 1 is 1.08 bits per heavy atom. The molecule has 5 nitrogen and oxygen atoms in total. The summed E-state index contributed by atoms with van der Waals surface area (Å²) in [5.41, 5.74) is 2.66. The molecule has 0 spiro atoms. The maximum absolute atomic E-state index is 13.0. The van der Waals surface area contributed by atoms with E-state index in [2.05, 4.69) is 0 Å². The number of aryl methyl sites for hydroxylation is 2. The monoisotopic (exact) mass is 363 g/mol. The molecule has 2 aromatic carbocycles. The normalized spacial score (nSPS) is 13.8. The van der Waals surface area contributed by atoms with Crippen LogP contribution in [-0.4, -0.2) is 30.3 Å². The van der Waals surface area contributed by atoms with Crippen LogP contribution in [0.15, 0.2) is 47.4 Å². The van der Waals surface area contributed by atoms with Gasteiger partial charge in [-0.25, -0.2) is 12.8 Å². The third kappa shape index (κ3) is 3.88. The predicted octanol–water partition coefficient (Wildman–Crippen LogP) is 2.59. The minimum absolute atomic E-state index is 0.0940. The fourth-order valence-corrected chi connectivity index (χ4v) is 4.46. The minimum atomic E-state index is -3.97. The van der Waals surface area contributed by atoms with Crippen LogP contribution < -0.4 is 0 Å². The Bertz CT molecular complexity index is 894. The topological polar surface area (TPSA) is 74.7 Å². The predicted molar refractivity (Wildman–Crippen MR) is 90.1 cm³/mol. The smallest absolute Gasteiger partial charge is 0.318 e. The molecule has 0 unspecified atom stereocenters. The van der Waals surface area contributed by atoms with Gasteiger partial charge < -0.3 is 5.11 Å². The van der Waals surface area contributed by atoms with Crippen molar-refractivity contribution in [2.45, 2.75) is 30.7 Å². The number of nitrogens with zero attached hydrogens (tertiary/aromatic N) is 1. The zero-order valence-corrected chi connectivity index (χ0v) is 14.3. The van der Waals surface area contributed by atoms with Crippen molar-refractivity contribution in [2.75, 3.05) is 6.54 Å². The number of aliphatic carboxylic acids is 1. The molecule has 7 heteroatoms. The first-order valence-electron chi connectivity index (χ1n) is 7.94. The van der Waals surface area contributed by atoms with Crippen LogP contribution >= 0.6 is 0 Å². The van der Waals surface area contributed by atoms with Gasteiger partial charge in [-0.15, -0.1) is 0 Å². The summed E-state index contributed by atoms with van der Waals surface area (Å²) in [6.07, 6.45) is 2.76. The van der Waals surface area contributed by atoms with Crippen LogP contribution in [0.25, 0.3) is 0 Å². The Labute approximate surface area is 145 Å². The fourth-order valence-electron chi connectivity index (χ4n) is 3.03. The highest BCUT2D eigenvalue weighted by molar-refractivity contribution is 7.89. The van der Waals surface area contributed by atoms with Crippen molar-refractivity contribution in [3.8, 4) is 0 Å². The Balaban J connectivity index is 1.93. The molecule has 0 aromatic heterocycles. The summed E-state index contributed by atoms with van der Waals surface area (Å²) in [6.45, 7) is -0.789. The van der Waals surface area contributed by atoms with Crippen molar-refractivity contribution < 1.29 is 22.7 Å². The molecule has 1 aliphatic carbocycles. The highest BCUT2D eigenvalue weighted by Gasteiger charge is 2.28. The first-order valence-corrected chi connectivity index (χ1v) is 9.38. The zero-order chi connectivity index (χ0) is 18.0. The van der Waals surface area contributed by atoms with Gasteiger partial charge in [0, 0.05) is 6.54 Å². The van der Waals surface area contributed by atoms with E-state index in [1.807, 2.05) is 0 Å². The molecule has 0 atom stereocenters. The Morgan fingerprint density at radius 2 is 1.76 bits per heavy atom. The first-order chi connectivity index (χ1) is 11.9. The molecule has 2 aromatic rings. The number of carboxylic acids is 1. The summed E-state index contributed by atoms with van der Waals surface area (Å²) in [6, 6.07) is 10.3. The van der Waals surface area contributed by atoms with Gasteiger partial charge in [0.25, 0.3) is 0 Å². The van der Waals surface area contributed by atoms with Crippen molar-refractivity contribution >= 4 is 16.0 Å². The lowest BCUT2D eigenvalue weighted by Crippen LogP contribution is -2.35. The van der Waals surface area contributed by atoms with Gasteiger partial charge in [0.2, 0.25) is 10.0 Å². The molecule has 3 rings (SSSR count). The average Bonchev–Trinajstić information content (AvgIpc) is 3.03. The molecule has 0 bridgehead atoms. The average molecular weight is 363 g/mol. The number of rotatable bonds is 6. The second kappa shape index (κ2) is 6.93. The van der Waals surface area contributed by atoms with E-state index in [4.69, 9.17) is 5.11 Å². The Morgan fingerprint density at radius 3 is 2.44 bits per heavy atom. The van der Waals surface area contributed by atoms with Gasteiger partial charge in [-0.05, 0) is 60.2 Å². The van der Waals surface area contributed by atoms with Crippen LogP contribution in [0.5, 0.6) is 0 Å². The van der Waals surface area contributed by atoms with E-state index < -0.39 is 28.4 Å². The van der Waals surface area contributed by atoms with E-state index >= 15 is 0 Å². The number of sulfonamides is 1. The molecular formula is C18H18FNO4S. The van der Waals surface area contributed by atoms with Gasteiger partial charge in [-0.3, -0.25) is 4.79 Å². The maximum Gasteiger partial charge on any atom is 0.318 e. The maximum atomic E-state index is 13.0. The number of fused-ring (bicyclic) bond motifs is 1. The number of carboxylic acid groups (broad SMARTS) is 1. The molecule has 0 saturated carbocycles. The molecule has 0 aliphatic heterocycles. The third-order valence-electron chi connectivity index (χ3n) is 4.29. The van der Waals surface area contributed by atoms with Gasteiger partial charge in [0.15, 0.2) is 0 Å². The lowest BCUT2D eigenvalue weighted by Gasteiger charge is -2.21. The van der Waals surface area contributed by atoms with Crippen LogP contribution in [0.3, 0.4) is 0 Å². The van der Waals surface area contributed by atoms with Crippen molar-refractivity contribution in [2.24, 2.45) is 0 Å². The summed E-state index contributed by atoms with van der Waals surface area (Å²) < 4.78 is 39.8. The van der Waals surface area contributed by atoms with Gasteiger partial charge in [-0.2, -0.15) is 4.31 Å². The van der Waals surface area contributed by atoms with E-state index in [-0.39, 0.29) is 11.4 Å². The van der Waals surface area contributed by atoms with Crippen molar-refractivity contribution in [3.63, 3.8) is 0 Å². The molecule has 0 amide bonds. The van der Waals surface area contributed by atoms with Crippen molar-refractivity contribution in [1.29, 1.82) is 0 Å². The highest BCUT2D eigenvalue weighted by Crippen LogP contribution is 2.27. The molecular weight excluding hydrogens is 345 g/mol. The first kappa shape index (κ1) is 17.6. The van der Waals surface area contributed by atoms with Crippen LogP contribution in [0.4, 0.5) is 4.39 Å². The summed E-state index contributed by atoms with van der Waals surface area (Å²) >= 11 is 0. The largest absolute Gasteiger partial charge is 0.480 e. The minimum Gasteiger partial charge on any atom is -0.480 e. The SMILES string of the molecule is O=C(O)CN(Cc1ccc(F)cc1)S(=O)(=O)c1ccc2c(c1)CCC2. The summed E-state index contributed by atoms with van der Waals surface area (Å²) in [5.74, 6) is -1.68. The molecule has 0 heterocycles. The number of halogens is 1. The van der Waals surface area contributed by atoms with E-state index in [0.29, 0.717) is 5.56 Å². The van der Waals surface area contributed by atoms with E-state index in [1.54, 1.807) is 12.1 Å². The Kier molecular flexibility index (Phi) is 4.87. The number of benzene rings is 2. The summed E-state index contributed by atoms with van der Waals surface area (Å²) in [4.78, 5) is 11.2. The molecule has 1 aliphatic rings. The van der Waals surface area contributed by atoms with Gasteiger partial charge >= 0.3 is 5.97 Å². The van der Waals surface area contributed by atoms with Crippen molar-refractivity contribution in [3.05, 3.63) is 65.0 Å². The van der Waals surface area contributed by atoms with E-state index in [0.717, 1.165) is 34.7 Å². The van der Waals surface area contributed by atoms with Gasteiger partial charge in [-0.1, -0.05) is 18.2 Å². The number of hydrogen-bond acceptors (Lipinski definition) is 3. The molecule has 0 saturated heterocycles. The number of carbonyl (C=O) groups is 1. The third-order valence-corrected chi connectivity index (χ3v) is 6.08. The molecule has 1 N–H and O–H groups in total. The second-order valence-corrected chi connectivity index (χ2v) is 8.02. The van der Waals surface area contributed by atoms with Crippen LogP contribution in [0.1, 0.15) is 23.1 Å². The quantitative estimate of drug-likeness (QED) is 0.856. The van der Waals surface area contributed by atoms with Crippen LogP contribution in [-0.2, 0) is 34.2 Å². The molecule has 0 radical (unpaired) electrons. The Hall–Kier alpha value is -2.25. The lowest BCUT2D eigenvalue weighted by molar-refractivity contribution is -0.137. The fraction of sp³-hybridized carbons (Fsp3) is 0.278. The van der Waals surface area contributed by atoms with Crippen LogP contribution in [0.2, 0.25) is 0 Å². The molecule has 25 heavy (non-hydrogen) atoms. The summed E-state index contributed by atoms with van der Waals surface area (Å²) in [7, 11) is -3.97. The molecule has 132 valence electrons. The highest BCUT2D eigenvalue weighted by atomic mass is 32.2. The number of hydrogen-bond donors (Lipinski definition) is 1. The van der Waals surface area contributed by atoms with Crippen molar-refractivity contribution in [1.82, 2.24) is 4.31 Å². The standard InChI is InChI=1S/C18H18FNO4S/c19-16-7-4-13(5-8-16)11-20(12-18(21)22)25(23,24)17-9-6-14-2-1-3-15(14)10-17/h4-10H,1-3,11-12H2,(H,21,22). The zero-order valence-electron chi connectivity index (χ0n) is 13.5.